The molecule has 0 bridgehead atoms. The van der Waals surface area contributed by atoms with E-state index in [0.717, 1.165) is 0 Å². The van der Waals surface area contributed by atoms with Crippen LogP contribution >= 0.6 is 11.6 Å². The van der Waals surface area contributed by atoms with Crippen LogP contribution in [0.4, 0.5) is 5.69 Å². The van der Waals surface area contributed by atoms with E-state index in [4.69, 9.17) is 16.2 Å². The van der Waals surface area contributed by atoms with Crippen LogP contribution in [-0.2, 0) is 15.6 Å². The van der Waals surface area contributed by atoms with E-state index in [-0.39, 0.29) is 0 Å². The number of rotatable bonds is 3. The summed E-state index contributed by atoms with van der Waals surface area (Å²) in [6, 6.07) is 6.68. The highest BCUT2D eigenvalue weighted by molar-refractivity contribution is 7.74. The molecule has 0 radical (unpaired) electrons. The Labute approximate surface area is 83.5 Å². The fraction of sp³-hybridized carbons (Fsp3) is 0.143. The third kappa shape index (κ3) is 3.31. The SMILES string of the molecule is CN(OS(=O)O)c1ccc(Cl)cc1. The third-order valence-corrected chi connectivity index (χ3v) is 1.97. The van der Waals surface area contributed by atoms with Crippen LogP contribution in [0.15, 0.2) is 24.3 Å². The van der Waals surface area contributed by atoms with Gasteiger partial charge in [-0.3, -0.25) is 4.55 Å². The van der Waals surface area contributed by atoms with Crippen molar-refractivity contribution in [1.29, 1.82) is 0 Å². The first kappa shape index (κ1) is 10.5. The van der Waals surface area contributed by atoms with Gasteiger partial charge in [-0.25, -0.2) is 5.06 Å². The molecule has 0 fully saturated rings. The highest BCUT2D eigenvalue weighted by atomic mass is 35.5. The number of benzene rings is 1. The molecule has 1 rings (SSSR count). The van der Waals surface area contributed by atoms with Gasteiger partial charge in [0.1, 0.15) is 0 Å². The van der Waals surface area contributed by atoms with Gasteiger partial charge in [-0.05, 0) is 24.3 Å². The zero-order valence-electron chi connectivity index (χ0n) is 6.81. The molecular weight excluding hydrogens is 214 g/mol. The molecule has 0 saturated carbocycles. The average Bonchev–Trinajstić information content (AvgIpc) is 2.04. The van der Waals surface area contributed by atoms with Crippen molar-refractivity contribution in [2.24, 2.45) is 0 Å². The second-order valence-electron chi connectivity index (χ2n) is 2.27. The molecule has 72 valence electrons. The topological polar surface area (TPSA) is 49.8 Å². The first-order valence-electron chi connectivity index (χ1n) is 3.38. The Morgan fingerprint density at radius 2 is 2.00 bits per heavy atom. The van der Waals surface area contributed by atoms with Gasteiger partial charge in [-0.15, -0.1) is 4.28 Å². The van der Waals surface area contributed by atoms with Crippen molar-refractivity contribution in [3.63, 3.8) is 0 Å². The largest absolute Gasteiger partial charge is 0.325 e. The van der Waals surface area contributed by atoms with Gasteiger partial charge in [0, 0.05) is 12.1 Å². The third-order valence-electron chi connectivity index (χ3n) is 1.37. The molecule has 1 atom stereocenters. The summed E-state index contributed by atoms with van der Waals surface area (Å²) in [6.45, 7) is 0. The van der Waals surface area contributed by atoms with Gasteiger partial charge in [0.15, 0.2) is 0 Å². The highest BCUT2D eigenvalue weighted by Crippen LogP contribution is 2.16. The normalized spacial score (nSPS) is 12.5. The average molecular weight is 222 g/mol. The fourth-order valence-electron chi connectivity index (χ4n) is 0.790. The van der Waals surface area contributed by atoms with Crippen LogP contribution in [0, 0.1) is 0 Å². The van der Waals surface area contributed by atoms with E-state index in [1.165, 1.54) is 12.1 Å². The maximum Gasteiger partial charge on any atom is 0.325 e. The van der Waals surface area contributed by atoms with Crippen molar-refractivity contribution in [2.45, 2.75) is 0 Å². The van der Waals surface area contributed by atoms with E-state index in [0.29, 0.717) is 10.7 Å². The van der Waals surface area contributed by atoms with E-state index >= 15 is 0 Å². The fourth-order valence-corrected chi connectivity index (χ4v) is 1.19. The minimum absolute atomic E-state index is 0.599. The standard InChI is InChI=1S/C7H8ClNO3S/c1-9(12-13(10)11)7-4-2-6(8)3-5-7/h2-5H,1H3,(H,10,11). The van der Waals surface area contributed by atoms with Crippen LogP contribution in [0.1, 0.15) is 0 Å². The number of hydrogen-bond donors (Lipinski definition) is 1. The molecule has 6 heteroatoms. The Kier molecular flexibility index (Phi) is 3.68. The summed E-state index contributed by atoms with van der Waals surface area (Å²) in [5.74, 6) is 0. The lowest BCUT2D eigenvalue weighted by Crippen LogP contribution is -2.18. The molecule has 1 unspecified atom stereocenters. The zero-order valence-corrected chi connectivity index (χ0v) is 8.38. The van der Waals surface area contributed by atoms with Crippen LogP contribution < -0.4 is 5.06 Å². The lowest BCUT2D eigenvalue weighted by Gasteiger charge is -2.14. The summed E-state index contributed by atoms with van der Waals surface area (Å²) in [5.41, 5.74) is 0.645. The number of hydroxylamine groups is 1. The Morgan fingerprint density at radius 3 is 2.46 bits per heavy atom. The maximum absolute atomic E-state index is 10.3. The van der Waals surface area contributed by atoms with Crippen LogP contribution in [-0.4, -0.2) is 15.8 Å². The molecule has 0 amide bonds. The molecule has 0 heterocycles. The predicted octanol–water partition coefficient (Wildman–Crippen LogP) is 1.84. The molecular formula is C7H8ClNO3S. The van der Waals surface area contributed by atoms with Gasteiger partial charge >= 0.3 is 11.4 Å². The van der Waals surface area contributed by atoms with Crippen LogP contribution in [0.25, 0.3) is 0 Å². The number of anilines is 1. The first-order valence-corrected chi connectivity index (χ1v) is 4.79. The maximum atomic E-state index is 10.3. The summed E-state index contributed by atoms with van der Waals surface area (Å²) >= 11 is 3.34. The predicted molar refractivity (Wildman–Crippen MR) is 51.7 cm³/mol. The van der Waals surface area contributed by atoms with Gasteiger partial charge in [0.05, 0.1) is 5.69 Å². The second kappa shape index (κ2) is 4.57. The number of hydrogen-bond acceptors (Lipinski definition) is 3. The molecule has 0 aromatic heterocycles. The van der Waals surface area contributed by atoms with Crippen molar-refractivity contribution in [2.75, 3.05) is 12.1 Å². The van der Waals surface area contributed by atoms with Gasteiger partial charge in [-0.1, -0.05) is 11.6 Å². The van der Waals surface area contributed by atoms with Gasteiger partial charge < -0.3 is 0 Å². The van der Waals surface area contributed by atoms with Crippen molar-refractivity contribution < 1.29 is 13.0 Å². The van der Waals surface area contributed by atoms with Crippen LogP contribution in [0.5, 0.6) is 0 Å². The summed E-state index contributed by atoms with van der Waals surface area (Å²) < 4.78 is 23.2. The van der Waals surface area contributed by atoms with Crippen molar-refractivity contribution >= 4 is 28.6 Å². The van der Waals surface area contributed by atoms with Gasteiger partial charge in [0.25, 0.3) is 0 Å². The molecule has 0 saturated heterocycles. The van der Waals surface area contributed by atoms with E-state index in [2.05, 4.69) is 4.28 Å². The first-order chi connectivity index (χ1) is 6.09. The molecule has 13 heavy (non-hydrogen) atoms. The van der Waals surface area contributed by atoms with E-state index in [1.54, 1.807) is 24.3 Å². The van der Waals surface area contributed by atoms with Crippen molar-refractivity contribution in [3.8, 4) is 0 Å². The van der Waals surface area contributed by atoms with Gasteiger partial charge in [0.2, 0.25) is 0 Å². The molecule has 0 spiro atoms. The quantitative estimate of drug-likeness (QED) is 0.625. The second-order valence-corrected chi connectivity index (χ2v) is 3.29. The molecule has 1 aromatic carbocycles. The smallest absolute Gasteiger partial charge is 0.282 e. The number of nitrogens with zero attached hydrogens (tertiary/aromatic N) is 1. The summed E-state index contributed by atoms with van der Waals surface area (Å²) in [6.07, 6.45) is 0. The lowest BCUT2D eigenvalue weighted by atomic mass is 10.3. The molecule has 0 aliphatic carbocycles. The zero-order chi connectivity index (χ0) is 9.84. The monoisotopic (exact) mass is 221 g/mol. The minimum atomic E-state index is -2.31. The molecule has 0 aliphatic rings. The van der Waals surface area contributed by atoms with Crippen molar-refractivity contribution in [1.82, 2.24) is 0 Å². The molecule has 1 aromatic rings. The summed E-state index contributed by atoms with van der Waals surface area (Å²) in [5, 5.41) is 1.79. The lowest BCUT2D eigenvalue weighted by molar-refractivity contribution is 0.295. The highest BCUT2D eigenvalue weighted by Gasteiger charge is 2.03. The van der Waals surface area contributed by atoms with Crippen molar-refractivity contribution in [3.05, 3.63) is 29.3 Å². The molecule has 1 N–H and O–H groups in total. The van der Waals surface area contributed by atoms with Gasteiger partial charge in [-0.2, -0.15) is 4.21 Å². The van der Waals surface area contributed by atoms with Crippen LogP contribution in [0.3, 0.4) is 0 Å². The minimum Gasteiger partial charge on any atom is -0.282 e. The molecule has 4 nitrogen and oxygen atoms in total. The van der Waals surface area contributed by atoms with E-state index < -0.39 is 11.4 Å². The Bertz CT molecular complexity index is 303. The number of halogens is 1. The Morgan fingerprint density at radius 1 is 1.46 bits per heavy atom. The van der Waals surface area contributed by atoms with Crippen LogP contribution in [0.2, 0.25) is 5.02 Å². The summed E-state index contributed by atoms with van der Waals surface area (Å²) in [7, 11) is 1.53. The summed E-state index contributed by atoms with van der Waals surface area (Å²) in [4.78, 5) is 0. The van der Waals surface area contributed by atoms with E-state index in [1.807, 2.05) is 0 Å². The Balaban J connectivity index is 2.71. The molecule has 0 aliphatic heterocycles. The van der Waals surface area contributed by atoms with E-state index in [9.17, 15) is 4.21 Å². The Hall–Kier alpha value is -0.620.